The molecule has 1 saturated carbocycles. The first-order valence-corrected chi connectivity index (χ1v) is 12.6. The summed E-state index contributed by atoms with van der Waals surface area (Å²) >= 11 is 0. The topological polar surface area (TPSA) is 104 Å². The standard InChI is InChI=1S/C26H36N4O6/c1-17(2)34-26(31)36-30-14-10-21(11-15-30)35-23-9-13-27-25(24(23)32-4)29-22-8-5-19(28-18(22)3)12-16-33-20-6-7-20/h5,8-9,13,17,20-21H,6-7,10-12,14-16H2,1-4H3,(H,27,29). The smallest absolute Gasteiger partial charge is 0.490 e. The van der Waals surface area contributed by atoms with Gasteiger partial charge >= 0.3 is 6.16 Å². The number of methoxy groups -OCH3 is 1. The van der Waals surface area contributed by atoms with E-state index < -0.39 is 6.16 Å². The number of hydroxylamine groups is 2. The van der Waals surface area contributed by atoms with E-state index in [1.807, 2.05) is 19.1 Å². The van der Waals surface area contributed by atoms with E-state index in [-0.39, 0.29) is 12.2 Å². The van der Waals surface area contributed by atoms with Crippen molar-refractivity contribution in [1.29, 1.82) is 0 Å². The minimum Gasteiger partial charge on any atom is -0.490 e. The van der Waals surface area contributed by atoms with Gasteiger partial charge in [0.05, 0.1) is 37.3 Å². The van der Waals surface area contributed by atoms with Crippen molar-refractivity contribution in [2.24, 2.45) is 0 Å². The molecular formula is C26H36N4O6. The van der Waals surface area contributed by atoms with Crippen molar-refractivity contribution in [3.05, 3.63) is 35.8 Å². The van der Waals surface area contributed by atoms with Crippen LogP contribution in [0.3, 0.4) is 0 Å². The van der Waals surface area contributed by atoms with Crippen LogP contribution in [0.25, 0.3) is 0 Å². The zero-order chi connectivity index (χ0) is 25.5. The van der Waals surface area contributed by atoms with Gasteiger partial charge in [-0.25, -0.2) is 9.78 Å². The summed E-state index contributed by atoms with van der Waals surface area (Å²) in [5.74, 6) is 1.69. The third-order valence-corrected chi connectivity index (χ3v) is 5.94. The molecule has 0 unspecified atom stereocenters. The van der Waals surface area contributed by atoms with Crippen molar-refractivity contribution in [2.75, 3.05) is 32.1 Å². The Bertz CT molecular complexity index is 1020. The fourth-order valence-electron chi connectivity index (χ4n) is 3.93. The van der Waals surface area contributed by atoms with E-state index in [4.69, 9.17) is 28.8 Å². The number of ether oxygens (including phenoxy) is 4. The molecule has 2 aromatic heterocycles. The van der Waals surface area contributed by atoms with Crippen LogP contribution in [-0.2, 0) is 20.7 Å². The van der Waals surface area contributed by atoms with Crippen molar-refractivity contribution in [3.8, 4) is 11.5 Å². The number of anilines is 2. The third kappa shape index (κ3) is 7.44. The highest BCUT2D eigenvalue weighted by atomic mass is 16.8. The van der Waals surface area contributed by atoms with Gasteiger partial charge in [-0.2, -0.15) is 0 Å². The number of hydrogen-bond donors (Lipinski definition) is 1. The molecule has 1 N–H and O–H groups in total. The molecule has 0 radical (unpaired) electrons. The molecule has 0 atom stereocenters. The van der Waals surface area contributed by atoms with Crippen molar-refractivity contribution in [1.82, 2.24) is 15.0 Å². The first-order chi connectivity index (χ1) is 17.4. The second kappa shape index (κ2) is 12.2. The molecule has 0 aromatic carbocycles. The van der Waals surface area contributed by atoms with Crippen LogP contribution in [0.5, 0.6) is 11.5 Å². The Balaban J connectivity index is 1.33. The Kier molecular flexibility index (Phi) is 8.82. The highest BCUT2D eigenvalue weighted by Crippen LogP contribution is 2.36. The van der Waals surface area contributed by atoms with Crippen LogP contribution in [0.15, 0.2) is 24.4 Å². The largest absolute Gasteiger partial charge is 0.528 e. The summed E-state index contributed by atoms with van der Waals surface area (Å²) in [6.45, 7) is 7.34. The van der Waals surface area contributed by atoms with Crippen molar-refractivity contribution >= 4 is 17.7 Å². The number of carbonyl (C=O) groups is 1. The molecule has 10 nitrogen and oxygen atoms in total. The summed E-state index contributed by atoms with van der Waals surface area (Å²) in [7, 11) is 1.60. The molecular weight excluding hydrogens is 464 g/mol. The quantitative estimate of drug-likeness (QED) is 0.441. The Morgan fingerprint density at radius 1 is 1.14 bits per heavy atom. The predicted molar refractivity (Wildman–Crippen MR) is 134 cm³/mol. The second-order valence-corrected chi connectivity index (χ2v) is 9.33. The van der Waals surface area contributed by atoms with Crippen LogP contribution < -0.4 is 14.8 Å². The third-order valence-electron chi connectivity index (χ3n) is 5.94. The van der Waals surface area contributed by atoms with E-state index in [0.717, 1.165) is 23.5 Å². The molecule has 2 aromatic rings. The molecule has 10 heteroatoms. The average molecular weight is 501 g/mol. The van der Waals surface area contributed by atoms with Gasteiger partial charge in [-0.3, -0.25) is 4.98 Å². The predicted octanol–water partition coefficient (Wildman–Crippen LogP) is 4.58. The Hall–Kier alpha value is -3.11. The summed E-state index contributed by atoms with van der Waals surface area (Å²) in [5.41, 5.74) is 2.73. The molecule has 1 aliphatic heterocycles. The average Bonchev–Trinajstić information content (AvgIpc) is 3.66. The first-order valence-electron chi connectivity index (χ1n) is 12.6. The van der Waals surface area contributed by atoms with E-state index >= 15 is 0 Å². The van der Waals surface area contributed by atoms with Gasteiger partial charge < -0.3 is 29.1 Å². The van der Waals surface area contributed by atoms with Gasteiger partial charge in [0.15, 0.2) is 11.6 Å². The minimum atomic E-state index is -0.680. The van der Waals surface area contributed by atoms with Crippen LogP contribution >= 0.6 is 0 Å². The molecule has 36 heavy (non-hydrogen) atoms. The van der Waals surface area contributed by atoms with Crippen LogP contribution in [0, 0.1) is 6.92 Å². The number of carbonyl (C=O) groups excluding carboxylic acids is 1. The molecule has 0 bridgehead atoms. The molecule has 2 fully saturated rings. The molecule has 0 spiro atoms. The number of pyridine rings is 2. The summed E-state index contributed by atoms with van der Waals surface area (Å²) in [5, 5.41) is 4.95. The number of hydrogen-bond acceptors (Lipinski definition) is 10. The molecule has 1 saturated heterocycles. The lowest BCUT2D eigenvalue weighted by Gasteiger charge is -2.30. The molecule has 196 valence electrons. The summed E-state index contributed by atoms with van der Waals surface area (Å²) in [6, 6.07) is 5.80. The molecule has 3 heterocycles. The maximum absolute atomic E-state index is 11.7. The number of aromatic nitrogens is 2. The van der Waals surface area contributed by atoms with Gasteiger partial charge in [-0.15, -0.1) is 5.06 Å². The summed E-state index contributed by atoms with van der Waals surface area (Å²) in [6.07, 6.45) is 5.73. The zero-order valence-corrected chi connectivity index (χ0v) is 21.5. The van der Waals surface area contributed by atoms with E-state index in [9.17, 15) is 4.79 Å². The lowest BCUT2D eigenvalue weighted by molar-refractivity contribution is -0.151. The molecule has 2 aliphatic rings. The van der Waals surface area contributed by atoms with E-state index in [1.54, 1.807) is 38.3 Å². The molecule has 1 aliphatic carbocycles. The van der Waals surface area contributed by atoms with Crippen LogP contribution in [-0.4, -0.2) is 66.3 Å². The highest BCUT2D eigenvalue weighted by molar-refractivity contribution is 5.67. The first kappa shape index (κ1) is 26.0. The minimum absolute atomic E-state index is 0.0457. The number of aryl methyl sites for hydroxylation is 1. The van der Waals surface area contributed by atoms with Gasteiger partial charge in [0, 0.05) is 50.3 Å². The second-order valence-electron chi connectivity index (χ2n) is 9.33. The van der Waals surface area contributed by atoms with E-state index in [0.29, 0.717) is 56.0 Å². The molecule has 0 amide bonds. The number of piperidine rings is 1. The monoisotopic (exact) mass is 500 g/mol. The van der Waals surface area contributed by atoms with E-state index in [1.165, 1.54) is 12.8 Å². The van der Waals surface area contributed by atoms with Gasteiger partial charge in [-0.05, 0) is 45.7 Å². The van der Waals surface area contributed by atoms with Crippen molar-refractivity contribution in [3.63, 3.8) is 0 Å². The highest BCUT2D eigenvalue weighted by Gasteiger charge is 2.26. The van der Waals surface area contributed by atoms with Crippen LogP contribution in [0.4, 0.5) is 16.3 Å². The number of nitrogens with one attached hydrogen (secondary N) is 1. The zero-order valence-electron chi connectivity index (χ0n) is 21.5. The SMILES string of the molecule is COc1c(OC2CCN(OC(=O)OC(C)C)CC2)ccnc1Nc1ccc(CCOC2CC2)nc1C. The maximum atomic E-state index is 11.7. The normalized spacial score (nSPS) is 16.6. The Labute approximate surface area is 212 Å². The van der Waals surface area contributed by atoms with E-state index in [2.05, 4.69) is 10.3 Å². The fraction of sp³-hybridized carbons (Fsp3) is 0.577. The van der Waals surface area contributed by atoms with Crippen molar-refractivity contribution < 1.29 is 28.6 Å². The summed E-state index contributed by atoms with van der Waals surface area (Å²) < 4.78 is 22.7. The lowest BCUT2D eigenvalue weighted by Crippen LogP contribution is -2.39. The van der Waals surface area contributed by atoms with Gasteiger partial charge in [0.25, 0.3) is 0 Å². The number of rotatable bonds is 11. The van der Waals surface area contributed by atoms with Gasteiger partial charge in [0.2, 0.25) is 5.75 Å². The van der Waals surface area contributed by atoms with Crippen LogP contribution in [0.1, 0.15) is 50.9 Å². The summed E-state index contributed by atoms with van der Waals surface area (Å²) in [4.78, 5) is 26.1. The fourth-order valence-corrected chi connectivity index (χ4v) is 3.93. The Morgan fingerprint density at radius 2 is 1.92 bits per heavy atom. The molecule has 4 rings (SSSR count). The van der Waals surface area contributed by atoms with Gasteiger partial charge in [-0.1, -0.05) is 0 Å². The van der Waals surface area contributed by atoms with Crippen LogP contribution in [0.2, 0.25) is 0 Å². The van der Waals surface area contributed by atoms with Gasteiger partial charge in [0.1, 0.15) is 6.10 Å². The maximum Gasteiger partial charge on any atom is 0.528 e. The lowest BCUT2D eigenvalue weighted by atomic mass is 10.1. The Morgan fingerprint density at radius 3 is 2.58 bits per heavy atom. The number of nitrogens with zero attached hydrogens (tertiary/aromatic N) is 3. The van der Waals surface area contributed by atoms with Crippen molar-refractivity contribution in [2.45, 2.75) is 71.2 Å².